The molecule has 0 bridgehead atoms. The number of benzene rings is 2. The lowest BCUT2D eigenvalue weighted by molar-refractivity contribution is 0.103. The van der Waals surface area contributed by atoms with Gasteiger partial charge in [0.05, 0.1) is 17.8 Å². The Hall–Kier alpha value is -3.30. The molecule has 0 saturated carbocycles. The van der Waals surface area contributed by atoms with Crippen molar-refractivity contribution in [3.8, 4) is 6.07 Å². The third kappa shape index (κ3) is 4.00. The molecule has 0 spiro atoms. The van der Waals surface area contributed by atoms with Crippen molar-refractivity contribution in [2.75, 3.05) is 0 Å². The fourth-order valence-electron chi connectivity index (χ4n) is 2.68. The van der Waals surface area contributed by atoms with Crippen LogP contribution in [0, 0.1) is 29.9 Å². The van der Waals surface area contributed by atoms with E-state index >= 15 is 0 Å². The van der Waals surface area contributed by atoms with Crippen LogP contribution < -0.4 is 0 Å². The van der Waals surface area contributed by atoms with Crippen LogP contribution in [0.3, 0.4) is 0 Å². The van der Waals surface area contributed by atoms with Crippen LogP contribution in [0.25, 0.3) is 6.08 Å². The van der Waals surface area contributed by atoms with E-state index in [4.69, 9.17) is 11.6 Å². The fourth-order valence-corrected chi connectivity index (χ4v) is 2.97. The molecule has 0 N–H and O–H groups in total. The number of aromatic nitrogens is 2. The van der Waals surface area contributed by atoms with Crippen LogP contribution in [-0.4, -0.2) is 15.6 Å². The maximum Gasteiger partial charge on any atom is 0.206 e. The predicted octanol–water partition coefficient (Wildman–Crippen LogP) is 4.96. The van der Waals surface area contributed by atoms with Gasteiger partial charge in [0, 0.05) is 5.56 Å². The molecule has 0 amide bonds. The van der Waals surface area contributed by atoms with E-state index in [0.29, 0.717) is 11.3 Å². The lowest BCUT2D eigenvalue weighted by atomic mass is 10.0. The van der Waals surface area contributed by atoms with Gasteiger partial charge in [-0.15, -0.1) is 0 Å². The van der Waals surface area contributed by atoms with E-state index in [1.807, 2.05) is 0 Å². The number of hydrogen-bond acceptors (Lipinski definition) is 3. The number of aryl methyl sites for hydroxylation is 1. The summed E-state index contributed by atoms with van der Waals surface area (Å²) in [5, 5.41) is 13.9. The van der Waals surface area contributed by atoms with Gasteiger partial charge in [0.1, 0.15) is 28.4 Å². The normalized spacial score (nSPS) is 11.3. The van der Waals surface area contributed by atoms with Gasteiger partial charge in [0.2, 0.25) is 5.78 Å². The average molecular weight is 398 g/mol. The van der Waals surface area contributed by atoms with E-state index in [-0.39, 0.29) is 28.7 Å². The van der Waals surface area contributed by atoms with Crippen molar-refractivity contribution >= 4 is 23.5 Å². The van der Waals surface area contributed by atoms with Crippen molar-refractivity contribution in [3.63, 3.8) is 0 Å². The Morgan fingerprint density at radius 2 is 1.89 bits per heavy atom. The zero-order valence-corrected chi connectivity index (χ0v) is 15.5. The summed E-state index contributed by atoms with van der Waals surface area (Å²) in [6.07, 6.45) is 1.31. The predicted molar refractivity (Wildman–Crippen MR) is 102 cm³/mol. The van der Waals surface area contributed by atoms with Gasteiger partial charge in [-0.25, -0.2) is 13.5 Å². The number of hydrogen-bond donors (Lipinski definition) is 0. The lowest BCUT2D eigenvalue weighted by Gasteiger charge is -2.04. The molecular formula is C21H14ClF2N3O. The summed E-state index contributed by atoms with van der Waals surface area (Å²) in [5.41, 5.74) is 1.23. The van der Waals surface area contributed by atoms with Crippen molar-refractivity contribution in [1.29, 1.82) is 5.26 Å². The fraction of sp³-hybridized carbons (Fsp3) is 0.0952. The van der Waals surface area contributed by atoms with Crippen LogP contribution in [-0.2, 0) is 6.54 Å². The zero-order chi connectivity index (χ0) is 20.3. The number of rotatable bonds is 5. The Morgan fingerprint density at radius 1 is 1.21 bits per heavy atom. The van der Waals surface area contributed by atoms with Crippen LogP contribution in [0.5, 0.6) is 0 Å². The number of ketones is 1. The molecule has 0 radical (unpaired) electrons. The molecule has 1 heterocycles. The molecule has 0 atom stereocenters. The highest BCUT2D eigenvalue weighted by Crippen LogP contribution is 2.25. The van der Waals surface area contributed by atoms with Crippen molar-refractivity contribution < 1.29 is 13.6 Å². The second-order valence-electron chi connectivity index (χ2n) is 6.05. The first kappa shape index (κ1) is 19.5. The summed E-state index contributed by atoms with van der Waals surface area (Å²) < 4.78 is 28.4. The number of carbonyl (C=O) groups excluding carboxylic acids is 1. The topological polar surface area (TPSA) is 58.7 Å². The molecule has 0 aliphatic rings. The number of Topliss-reactive ketones (excluding diaryl/α,β-unsaturated/α-hetero) is 1. The minimum absolute atomic E-state index is 0.192. The molecule has 0 aliphatic heterocycles. The molecule has 28 heavy (non-hydrogen) atoms. The smallest absolute Gasteiger partial charge is 0.206 e. The van der Waals surface area contributed by atoms with Gasteiger partial charge in [0.25, 0.3) is 0 Å². The molecule has 0 unspecified atom stereocenters. The van der Waals surface area contributed by atoms with Gasteiger partial charge in [-0.1, -0.05) is 35.9 Å². The molecule has 3 aromatic rings. The van der Waals surface area contributed by atoms with E-state index in [1.165, 1.54) is 41.1 Å². The molecule has 0 fully saturated rings. The minimum Gasteiger partial charge on any atom is -0.288 e. The van der Waals surface area contributed by atoms with Crippen LogP contribution in [0.1, 0.15) is 27.2 Å². The van der Waals surface area contributed by atoms with Crippen molar-refractivity contribution in [2.45, 2.75) is 13.5 Å². The lowest BCUT2D eigenvalue weighted by Crippen LogP contribution is -2.05. The standard InChI is InChI=1S/C21H14ClF2N3O/c1-13-18(10-15(11-25)20(28)17-4-2-3-5-19(17)24)21(22)27(26-13)12-14-6-8-16(23)9-7-14/h2-10H,12H2,1H3/b15-10+. The highest BCUT2D eigenvalue weighted by Gasteiger charge is 2.19. The first-order valence-electron chi connectivity index (χ1n) is 8.29. The largest absolute Gasteiger partial charge is 0.288 e. The van der Waals surface area contributed by atoms with Crippen LogP contribution >= 0.6 is 11.6 Å². The average Bonchev–Trinajstić information content (AvgIpc) is 2.94. The summed E-state index contributed by atoms with van der Waals surface area (Å²) in [5.74, 6) is -1.79. The molecule has 7 heteroatoms. The van der Waals surface area contributed by atoms with Crippen LogP contribution in [0.2, 0.25) is 5.15 Å². The first-order valence-corrected chi connectivity index (χ1v) is 8.67. The van der Waals surface area contributed by atoms with Crippen molar-refractivity contribution in [2.24, 2.45) is 0 Å². The Balaban J connectivity index is 1.95. The molecular weight excluding hydrogens is 384 g/mol. The Morgan fingerprint density at radius 3 is 2.54 bits per heavy atom. The summed E-state index contributed by atoms with van der Waals surface area (Å²) in [6, 6.07) is 13.1. The Bertz CT molecular complexity index is 1110. The third-order valence-corrected chi connectivity index (χ3v) is 4.53. The molecule has 2 aromatic carbocycles. The summed E-state index contributed by atoms with van der Waals surface area (Å²) in [7, 11) is 0. The van der Waals surface area contributed by atoms with Gasteiger partial charge in [-0.2, -0.15) is 10.4 Å². The highest BCUT2D eigenvalue weighted by molar-refractivity contribution is 6.31. The molecule has 0 aliphatic carbocycles. The summed E-state index contributed by atoms with van der Waals surface area (Å²) in [6.45, 7) is 1.97. The quantitative estimate of drug-likeness (QED) is 0.347. The summed E-state index contributed by atoms with van der Waals surface area (Å²) in [4.78, 5) is 12.5. The Labute approximate surface area is 165 Å². The molecule has 1 aromatic heterocycles. The van der Waals surface area contributed by atoms with E-state index in [9.17, 15) is 18.8 Å². The number of carbonyl (C=O) groups is 1. The minimum atomic E-state index is -0.734. The molecule has 4 nitrogen and oxygen atoms in total. The monoisotopic (exact) mass is 397 g/mol. The van der Waals surface area contributed by atoms with Gasteiger partial charge in [-0.3, -0.25) is 4.79 Å². The first-order chi connectivity index (χ1) is 13.4. The van der Waals surface area contributed by atoms with Gasteiger partial charge >= 0.3 is 0 Å². The van der Waals surface area contributed by atoms with Crippen molar-refractivity contribution in [3.05, 3.63) is 93.3 Å². The number of nitriles is 1. The highest BCUT2D eigenvalue weighted by atomic mass is 35.5. The number of halogens is 3. The SMILES string of the molecule is Cc1nn(Cc2ccc(F)cc2)c(Cl)c1/C=C(\C#N)C(=O)c1ccccc1F. The van der Waals surface area contributed by atoms with E-state index in [1.54, 1.807) is 25.1 Å². The van der Waals surface area contributed by atoms with Gasteiger partial charge in [-0.05, 0) is 42.8 Å². The van der Waals surface area contributed by atoms with Crippen LogP contribution in [0.15, 0.2) is 54.1 Å². The zero-order valence-electron chi connectivity index (χ0n) is 14.8. The number of allylic oxidation sites excluding steroid dienone is 1. The Kier molecular flexibility index (Phi) is 5.67. The van der Waals surface area contributed by atoms with Crippen LogP contribution in [0.4, 0.5) is 8.78 Å². The van der Waals surface area contributed by atoms with Gasteiger partial charge < -0.3 is 0 Å². The second kappa shape index (κ2) is 8.15. The third-order valence-electron chi connectivity index (χ3n) is 4.13. The van der Waals surface area contributed by atoms with E-state index in [2.05, 4.69) is 5.10 Å². The number of nitrogens with zero attached hydrogens (tertiary/aromatic N) is 3. The molecule has 140 valence electrons. The molecule has 0 saturated heterocycles. The summed E-state index contributed by atoms with van der Waals surface area (Å²) >= 11 is 6.38. The van der Waals surface area contributed by atoms with Crippen molar-refractivity contribution in [1.82, 2.24) is 9.78 Å². The molecule has 3 rings (SSSR count). The maximum absolute atomic E-state index is 13.9. The van der Waals surface area contributed by atoms with E-state index in [0.717, 1.165) is 11.6 Å². The van der Waals surface area contributed by atoms with E-state index < -0.39 is 11.6 Å². The second-order valence-corrected chi connectivity index (χ2v) is 6.41. The van der Waals surface area contributed by atoms with Gasteiger partial charge in [0.15, 0.2) is 0 Å². The maximum atomic E-state index is 13.9.